The van der Waals surface area contributed by atoms with E-state index < -0.39 is 0 Å². The molecule has 0 aliphatic heterocycles. The van der Waals surface area contributed by atoms with E-state index in [9.17, 15) is 5.11 Å². The number of aliphatic hydroxyl groups excluding tert-OH is 1. The van der Waals surface area contributed by atoms with Crippen molar-refractivity contribution in [3.63, 3.8) is 0 Å². The molecule has 0 amide bonds. The molecule has 3 nitrogen and oxygen atoms in total. The number of aliphatic hydroxyl groups is 1. The molecule has 0 saturated carbocycles. The number of nitrogens with two attached hydrogens (primary N) is 1. The Bertz CT molecular complexity index is 439. The fraction of sp³-hybridized carbons (Fsp3) is 0.684. The zero-order valence-electron chi connectivity index (χ0n) is 14.8. The van der Waals surface area contributed by atoms with Gasteiger partial charge in [0.05, 0.1) is 6.61 Å². The Morgan fingerprint density at radius 1 is 1.14 bits per heavy atom. The molecule has 0 aliphatic rings. The second-order valence-electron chi connectivity index (χ2n) is 7.08. The first kappa shape index (κ1) is 19.0. The lowest BCUT2D eigenvalue weighted by Crippen LogP contribution is -2.20. The van der Waals surface area contributed by atoms with Crippen LogP contribution in [0, 0.1) is 11.8 Å². The molecule has 0 fully saturated rings. The first-order chi connectivity index (χ1) is 10.4. The molecule has 2 unspecified atom stereocenters. The lowest BCUT2D eigenvalue weighted by Gasteiger charge is -2.21. The summed E-state index contributed by atoms with van der Waals surface area (Å²) in [5.74, 6) is 2.51. The summed E-state index contributed by atoms with van der Waals surface area (Å²) in [6.45, 7) is 12.4. The monoisotopic (exact) mass is 307 g/mol. The number of rotatable bonds is 9. The summed E-state index contributed by atoms with van der Waals surface area (Å²) < 4.78 is 5.96. The summed E-state index contributed by atoms with van der Waals surface area (Å²) in [4.78, 5) is 0. The minimum atomic E-state index is 0.160. The van der Waals surface area contributed by atoms with Gasteiger partial charge < -0.3 is 15.6 Å². The van der Waals surface area contributed by atoms with Crippen molar-refractivity contribution < 1.29 is 9.84 Å². The van der Waals surface area contributed by atoms with E-state index >= 15 is 0 Å². The van der Waals surface area contributed by atoms with E-state index in [0.717, 1.165) is 18.8 Å². The van der Waals surface area contributed by atoms with Gasteiger partial charge >= 0.3 is 0 Å². The van der Waals surface area contributed by atoms with Crippen LogP contribution in [0.3, 0.4) is 0 Å². The highest BCUT2D eigenvalue weighted by molar-refractivity contribution is 5.40. The van der Waals surface area contributed by atoms with Crippen LogP contribution in [0.15, 0.2) is 18.2 Å². The highest BCUT2D eigenvalue weighted by Crippen LogP contribution is 2.32. The van der Waals surface area contributed by atoms with Crippen molar-refractivity contribution in [1.29, 1.82) is 0 Å². The molecule has 3 N–H and O–H groups in total. The van der Waals surface area contributed by atoms with Crippen molar-refractivity contribution in [2.24, 2.45) is 17.6 Å². The van der Waals surface area contributed by atoms with Crippen LogP contribution in [-0.4, -0.2) is 24.9 Å². The van der Waals surface area contributed by atoms with E-state index in [4.69, 9.17) is 10.5 Å². The normalized spacial score (nSPS) is 14.4. The third kappa shape index (κ3) is 5.62. The highest BCUT2D eigenvalue weighted by atomic mass is 16.5. The van der Waals surface area contributed by atoms with Crippen molar-refractivity contribution >= 4 is 0 Å². The molecule has 0 aliphatic carbocycles. The van der Waals surface area contributed by atoms with Gasteiger partial charge in [0, 0.05) is 6.61 Å². The number of ether oxygens (including phenoxy) is 1. The zero-order chi connectivity index (χ0) is 16.7. The second-order valence-corrected chi connectivity index (χ2v) is 7.08. The quantitative estimate of drug-likeness (QED) is 0.727. The molecule has 3 heteroatoms. The van der Waals surface area contributed by atoms with Crippen LogP contribution in [-0.2, 0) is 0 Å². The van der Waals surface area contributed by atoms with Crippen molar-refractivity contribution in [3.05, 3.63) is 29.3 Å². The molecule has 0 aromatic heterocycles. The summed E-state index contributed by atoms with van der Waals surface area (Å²) in [7, 11) is 0. The van der Waals surface area contributed by atoms with Gasteiger partial charge in [-0.2, -0.15) is 0 Å². The molecule has 1 aromatic rings. The van der Waals surface area contributed by atoms with Crippen LogP contribution < -0.4 is 10.5 Å². The number of hydrogen-bond acceptors (Lipinski definition) is 3. The number of benzene rings is 1. The first-order valence-electron chi connectivity index (χ1n) is 8.46. The van der Waals surface area contributed by atoms with Gasteiger partial charge in [0.25, 0.3) is 0 Å². The van der Waals surface area contributed by atoms with E-state index in [1.54, 1.807) is 0 Å². The molecule has 0 radical (unpaired) electrons. The maximum Gasteiger partial charge on any atom is 0.122 e. The predicted octanol–water partition coefficient (Wildman–Crippen LogP) is 3.91. The van der Waals surface area contributed by atoms with E-state index in [2.05, 4.69) is 52.8 Å². The largest absolute Gasteiger partial charge is 0.493 e. The average Bonchev–Trinajstić information content (AvgIpc) is 2.49. The smallest absolute Gasteiger partial charge is 0.122 e. The SMILES string of the molecule is CC(C)COc1ccc(C(C)CC(CN)CO)cc1C(C)C. The second kappa shape index (κ2) is 9.16. The van der Waals surface area contributed by atoms with Gasteiger partial charge in [-0.05, 0) is 53.8 Å². The fourth-order valence-corrected chi connectivity index (χ4v) is 2.59. The van der Waals surface area contributed by atoms with Crippen LogP contribution in [0.25, 0.3) is 0 Å². The van der Waals surface area contributed by atoms with E-state index in [1.165, 1.54) is 11.1 Å². The Balaban J connectivity index is 2.91. The summed E-state index contributed by atoms with van der Waals surface area (Å²) in [6, 6.07) is 6.51. The average molecular weight is 307 g/mol. The van der Waals surface area contributed by atoms with E-state index in [0.29, 0.717) is 24.3 Å². The molecule has 22 heavy (non-hydrogen) atoms. The summed E-state index contributed by atoms with van der Waals surface area (Å²) in [5, 5.41) is 9.33. The minimum absolute atomic E-state index is 0.160. The Kier molecular flexibility index (Phi) is 7.91. The van der Waals surface area contributed by atoms with Crippen LogP contribution in [0.4, 0.5) is 0 Å². The minimum Gasteiger partial charge on any atom is -0.493 e. The summed E-state index contributed by atoms with van der Waals surface area (Å²) in [6.07, 6.45) is 0.913. The van der Waals surface area contributed by atoms with Crippen LogP contribution in [0.1, 0.15) is 64.0 Å². The maximum absolute atomic E-state index is 9.33. The third-order valence-electron chi connectivity index (χ3n) is 4.08. The van der Waals surface area contributed by atoms with Gasteiger partial charge in [-0.15, -0.1) is 0 Å². The maximum atomic E-state index is 9.33. The van der Waals surface area contributed by atoms with E-state index in [-0.39, 0.29) is 12.5 Å². The molecule has 1 rings (SSSR count). The fourth-order valence-electron chi connectivity index (χ4n) is 2.59. The number of hydrogen-bond donors (Lipinski definition) is 2. The topological polar surface area (TPSA) is 55.5 Å². The Morgan fingerprint density at radius 3 is 2.32 bits per heavy atom. The van der Waals surface area contributed by atoms with Gasteiger partial charge in [0.15, 0.2) is 0 Å². The van der Waals surface area contributed by atoms with Crippen molar-refractivity contribution in [3.8, 4) is 5.75 Å². The van der Waals surface area contributed by atoms with Gasteiger partial charge in [-0.1, -0.05) is 46.8 Å². The van der Waals surface area contributed by atoms with E-state index in [1.807, 2.05) is 0 Å². The van der Waals surface area contributed by atoms with Crippen LogP contribution in [0.2, 0.25) is 0 Å². The molecule has 0 saturated heterocycles. The molecular weight excluding hydrogens is 274 g/mol. The molecule has 126 valence electrons. The first-order valence-corrected chi connectivity index (χ1v) is 8.46. The zero-order valence-corrected chi connectivity index (χ0v) is 14.8. The lowest BCUT2D eigenvalue weighted by molar-refractivity contribution is 0.217. The highest BCUT2D eigenvalue weighted by Gasteiger charge is 2.16. The third-order valence-corrected chi connectivity index (χ3v) is 4.08. The van der Waals surface area contributed by atoms with Crippen molar-refractivity contribution in [2.45, 2.75) is 52.9 Å². The van der Waals surface area contributed by atoms with Gasteiger partial charge in [0.2, 0.25) is 0 Å². The predicted molar refractivity (Wildman–Crippen MR) is 93.5 cm³/mol. The molecule has 1 aromatic carbocycles. The molecule has 0 heterocycles. The molecule has 0 bridgehead atoms. The van der Waals surface area contributed by atoms with Gasteiger partial charge in [-0.3, -0.25) is 0 Å². The summed E-state index contributed by atoms with van der Waals surface area (Å²) in [5.41, 5.74) is 8.26. The van der Waals surface area contributed by atoms with Crippen molar-refractivity contribution in [1.82, 2.24) is 0 Å². The van der Waals surface area contributed by atoms with Gasteiger partial charge in [-0.25, -0.2) is 0 Å². The van der Waals surface area contributed by atoms with Gasteiger partial charge in [0.1, 0.15) is 5.75 Å². The summed E-state index contributed by atoms with van der Waals surface area (Å²) >= 11 is 0. The van der Waals surface area contributed by atoms with Crippen LogP contribution >= 0.6 is 0 Å². The van der Waals surface area contributed by atoms with Crippen LogP contribution in [0.5, 0.6) is 5.75 Å². The Labute approximate surface area is 135 Å². The molecule has 2 atom stereocenters. The molecular formula is C19H33NO2. The molecule has 0 spiro atoms. The lowest BCUT2D eigenvalue weighted by atomic mass is 9.88. The Hall–Kier alpha value is -1.06. The van der Waals surface area contributed by atoms with Crippen molar-refractivity contribution in [2.75, 3.05) is 19.8 Å². The Morgan fingerprint density at radius 2 is 1.82 bits per heavy atom. The standard InChI is InChI=1S/C19H33NO2/c1-13(2)12-22-19-7-6-17(9-18(19)14(3)4)15(5)8-16(10-20)11-21/h6-7,9,13-16,21H,8,10-12,20H2,1-5H3.